The number of esters is 1. The summed E-state index contributed by atoms with van der Waals surface area (Å²) in [6, 6.07) is 0. The number of hydrogen-bond donors (Lipinski definition) is 8. The van der Waals surface area contributed by atoms with Gasteiger partial charge in [0.05, 0.1) is 24.2 Å². The minimum absolute atomic E-state index is 0. The summed E-state index contributed by atoms with van der Waals surface area (Å²) in [5.74, 6) is -3.55. The summed E-state index contributed by atoms with van der Waals surface area (Å²) in [4.78, 5) is 36.8. The molecule has 17 nitrogen and oxygen atoms in total. The summed E-state index contributed by atoms with van der Waals surface area (Å²) in [5.41, 5.74) is -1.89. The number of hydrogen-bond acceptors (Lipinski definition) is 16. The smallest absolute Gasteiger partial charge is 0.550 e. The van der Waals surface area contributed by atoms with Crippen LogP contribution in [0.25, 0.3) is 0 Å². The number of aliphatic hydroxyl groups is 7. The molecule has 0 aromatic rings. The monoisotopic (exact) mass is 794 g/mol. The third-order valence-corrected chi connectivity index (χ3v) is 14.0. The van der Waals surface area contributed by atoms with Gasteiger partial charge in [-0.15, -0.1) is 0 Å². The predicted octanol–water partition coefficient (Wildman–Crippen LogP) is -4.75. The molecule has 17 atom stereocenters. The number of carboxylic acids is 2. The van der Waals surface area contributed by atoms with Gasteiger partial charge in [-0.1, -0.05) is 19.9 Å². The van der Waals surface area contributed by atoms with Crippen LogP contribution >= 0.6 is 0 Å². The van der Waals surface area contributed by atoms with Crippen molar-refractivity contribution in [3.63, 3.8) is 0 Å². The van der Waals surface area contributed by atoms with Crippen LogP contribution < -0.4 is 34.7 Å². The maximum atomic E-state index is 13.9. The van der Waals surface area contributed by atoms with Crippen LogP contribution in [0.4, 0.5) is 0 Å². The molecule has 4 saturated carbocycles. The van der Waals surface area contributed by atoms with E-state index in [4.69, 9.17) is 23.7 Å². The summed E-state index contributed by atoms with van der Waals surface area (Å²) < 4.78 is 29.7. The largest absolute Gasteiger partial charge is 1.00 e. The second-order valence-corrected chi connectivity index (χ2v) is 17.0. The maximum absolute atomic E-state index is 13.9. The number of aliphatic hydroxyl groups excluding tert-OH is 7. The third-order valence-electron chi connectivity index (χ3n) is 14.0. The van der Waals surface area contributed by atoms with Gasteiger partial charge >= 0.3 is 41.5 Å². The first-order valence-electron chi connectivity index (χ1n) is 18.9. The number of ether oxygens (including phenoxy) is 5. The number of fused-ring (bicyclic) bond motifs is 3. The van der Waals surface area contributed by atoms with Crippen LogP contribution in [0, 0.1) is 28.1 Å². The molecule has 2 heterocycles. The van der Waals surface area contributed by atoms with Crippen molar-refractivity contribution in [1.29, 1.82) is 0 Å². The molecule has 0 aromatic carbocycles. The van der Waals surface area contributed by atoms with Gasteiger partial charge in [0.2, 0.25) is 0 Å². The topological polar surface area (TPSA) is 282 Å². The minimum atomic E-state index is -1.81. The Kier molecular flexibility index (Phi) is 13.7. The van der Waals surface area contributed by atoms with Gasteiger partial charge in [0.1, 0.15) is 48.8 Å². The molecule has 0 aromatic heterocycles. The average Bonchev–Trinajstić information content (AvgIpc) is 3.32. The summed E-state index contributed by atoms with van der Waals surface area (Å²) in [7, 11) is 0. The molecule has 18 heteroatoms. The zero-order valence-corrected chi connectivity index (χ0v) is 33.7. The first kappa shape index (κ1) is 44.8. The van der Waals surface area contributed by atoms with E-state index in [1.165, 1.54) is 0 Å². The Morgan fingerprint density at radius 1 is 0.873 bits per heavy atom. The van der Waals surface area contributed by atoms with E-state index in [9.17, 15) is 60.3 Å². The minimum Gasteiger partial charge on any atom is -0.550 e. The van der Waals surface area contributed by atoms with E-state index in [2.05, 4.69) is 13.5 Å². The molecule has 0 radical (unpaired) electrons. The van der Waals surface area contributed by atoms with Crippen molar-refractivity contribution in [3.8, 4) is 0 Å². The van der Waals surface area contributed by atoms with Gasteiger partial charge in [0, 0.05) is 12.4 Å². The number of carbonyl (C=O) groups excluding carboxylic acids is 2. The number of carboxylic acid groups (broad SMARTS) is 2. The second kappa shape index (κ2) is 16.8. The fraction of sp³-hybridized carbons (Fsp3) is 0.865. The maximum Gasteiger partial charge on any atom is 1.00 e. The molecule has 6 fully saturated rings. The quantitative estimate of drug-likeness (QED) is 0.0399. The molecule has 1 spiro atoms. The van der Waals surface area contributed by atoms with Gasteiger partial charge in [-0.05, 0) is 93.0 Å². The van der Waals surface area contributed by atoms with Crippen LogP contribution in [0.15, 0.2) is 12.2 Å². The van der Waals surface area contributed by atoms with E-state index in [1.54, 1.807) is 0 Å². The molecule has 306 valence electrons. The third kappa shape index (κ3) is 7.81. The summed E-state index contributed by atoms with van der Waals surface area (Å²) in [5, 5.41) is 93.7. The molecule has 2 bridgehead atoms. The molecular weight excluding hydrogens is 739 g/mol. The summed E-state index contributed by atoms with van der Waals surface area (Å²) >= 11 is 0. The normalized spacial score (nSPS) is 47.1. The molecule has 4 aliphatic carbocycles. The van der Waals surface area contributed by atoms with Gasteiger partial charge in [0.25, 0.3) is 0 Å². The molecule has 6 aliphatic rings. The molecule has 8 N–H and O–H groups in total. The van der Waals surface area contributed by atoms with E-state index in [0.29, 0.717) is 51.4 Å². The number of rotatable bonds is 12. The average molecular weight is 795 g/mol. The first-order valence-corrected chi connectivity index (χ1v) is 18.9. The van der Waals surface area contributed by atoms with Crippen molar-refractivity contribution in [2.75, 3.05) is 13.2 Å². The van der Waals surface area contributed by atoms with Gasteiger partial charge in [0.15, 0.2) is 18.7 Å². The predicted molar refractivity (Wildman–Crippen MR) is 178 cm³/mol. The van der Waals surface area contributed by atoms with Crippen molar-refractivity contribution in [2.45, 2.75) is 158 Å². The molecule has 55 heavy (non-hydrogen) atoms. The molecule has 2 aliphatic heterocycles. The van der Waals surface area contributed by atoms with Crippen LogP contribution in [0.2, 0.25) is 0 Å². The van der Waals surface area contributed by atoms with Crippen molar-refractivity contribution >= 4 is 17.9 Å². The van der Waals surface area contributed by atoms with E-state index in [1.807, 2.05) is 6.92 Å². The van der Waals surface area contributed by atoms with E-state index in [-0.39, 0.29) is 52.2 Å². The van der Waals surface area contributed by atoms with Crippen LogP contribution in [0.5, 0.6) is 0 Å². The fourth-order valence-electron chi connectivity index (χ4n) is 11.4. The van der Waals surface area contributed by atoms with Crippen LogP contribution in [0.3, 0.4) is 0 Å². The Bertz CT molecular complexity index is 1450. The van der Waals surface area contributed by atoms with Gasteiger partial charge in [-0.25, -0.2) is 4.79 Å². The fourth-order valence-corrected chi connectivity index (χ4v) is 11.4. The van der Waals surface area contributed by atoms with E-state index < -0.39 is 122 Å². The summed E-state index contributed by atoms with van der Waals surface area (Å²) in [6.45, 7) is 7.06. The Morgan fingerprint density at radius 3 is 2.11 bits per heavy atom. The zero-order valence-electron chi connectivity index (χ0n) is 31.7. The van der Waals surface area contributed by atoms with Gasteiger partial charge in [-0.2, -0.15) is 0 Å². The van der Waals surface area contributed by atoms with Crippen LogP contribution in [-0.2, 0) is 38.1 Å². The van der Waals surface area contributed by atoms with Crippen LogP contribution in [-0.4, -0.2) is 145 Å². The summed E-state index contributed by atoms with van der Waals surface area (Å²) in [6.07, 6.45) is -12.9. The number of carbonyl (C=O) groups is 3. The molecular formula is C37H55NaO17. The van der Waals surface area contributed by atoms with Crippen molar-refractivity contribution in [3.05, 3.63) is 12.2 Å². The molecule has 6 rings (SSSR count). The van der Waals surface area contributed by atoms with Crippen molar-refractivity contribution in [1.82, 2.24) is 0 Å². The molecule has 0 amide bonds. The molecule has 1 unspecified atom stereocenters. The zero-order chi connectivity index (χ0) is 39.5. The van der Waals surface area contributed by atoms with Crippen molar-refractivity contribution < 1.29 is 114 Å². The van der Waals surface area contributed by atoms with Crippen molar-refractivity contribution in [2.24, 2.45) is 28.1 Å². The number of aliphatic carboxylic acids is 2. The van der Waals surface area contributed by atoms with Gasteiger partial charge in [-0.3, -0.25) is 4.79 Å². The second-order valence-electron chi connectivity index (χ2n) is 17.0. The molecule has 2 saturated heterocycles. The Hall–Kier alpha value is -1.29. The van der Waals surface area contributed by atoms with Crippen LogP contribution in [0.1, 0.15) is 84.5 Å². The van der Waals surface area contributed by atoms with E-state index in [0.717, 1.165) is 12.0 Å². The Labute approximate surface area is 341 Å². The Balaban J connectivity index is 0.00000580. The van der Waals surface area contributed by atoms with Gasteiger partial charge < -0.3 is 74.4 Å². The van der Waals surface area contributed by atoms with E-state index >= 15 is 0 Å². The Morgan fingerprint density at radius 2 is 1.49 bits per heavy atom. The first-order chi connectivity index (χ1) is 25.4. The standard InChI is InChI=1S/C37H56O17.Na/c1-17-13-36-11-7-21-34(2,9-4-10-35(21,3)33(49)52-18(30(47)48)5-6-23(40)41)22(36)8-12-37(17,16-36)54-32-29(27(45)25(43)20(15-39)51-32)53-31-28(46)26(44)24(42)19(14-38)50-31;/h18-22,24-29,31-32,38-39,42-46H,1,4-16H2,2-3H3,(H,40,41)(H,47,48);/q;+1/p-1/t18?,19-,20-,21-,22-,24+,25+,26-,27-,28-,29-,31-,32-,34+,35+,36+,37-;/m0./s1. The SMILES string of the molecule is C=C1C[C@@]23CC[C@H]4[C@@](C)(CCC[C@@]4(C)C(=O)OC(CCC(=O)[O-])C(=O)O)[C@@H]2CC[C@]1(O[C@@H]1O[C@@H](CO)[C@@H](O)[C@H](O)[C@@H]1O[C@@H]1O[C@@H](CO)[C@@H](O)[C@H](O)[C@@H]1O)C3.[Na+].